The Hall–Kier alpha value is -2.19. The van der Waals surface area contributed by atoms with Crippen molar-refractivity contribution < 1.29 is 9.59 Å². The van der Waals surface area contributed by atoms with E-state index in [-0.39, 0.29) is 24.4 Å². The van der Waals surface area contributed by atoms with Crippen LogP contribution in [0.5, 0.6) is 0 Å². The van der Waals surface area contributed by atoms with Gasteiger partial charge in [-0.2, -0.15) is 0 Å². The summed E-state index contributed by atoms with van der Waals surface area (Å²) in [4.78, 5) is 34.2. The number of thiophene rings is 1. The fourth-order valence-corrected chi connectivity index (χ4v) is 3.82. The Bertz CT molecular complexity index is 887. The summed E-state index contributed by atoms with van der Waals surface area (Å²) < 4.78 is 0.882. The lowest BCUT2D eigenvalue weighted by Crippen LogP contribution is -2.39. The number of amides is 2. The zero-order chi connectivity index (χ0) is 18.0. The molecular formula is C17H17BrN4O2S. The molecule has 0 fully saturated rings. The van der Waals surface area contributed by atoms with Crippen molar-refractivity contribution in [2.75, 3.05) is 13.6 Å². The first-order valence-electron chi connectivity index (χ1n) is 7.69. The third-order valence-corrected chi connectivity index (χ3v) is 5.32. The highest BCUT2D eigenvalue weighted by Gasteiger charge is 2.19. The number of H-pyrrole nitrogens is 1. The average molecular weight is 421 g/mol. The van der Waals surface area contributed by atoms with Crippen LogP contribution in [0.3, 0.4) is 0 Å². The van der Waals surface area contributed by atoms with Crippen LogP contribution in [0, 0.1) is 0 Å². The van der Waals surface area contributed by atoms with E-state index >= 15 is 0 Å². The van der Waals surface area contributed by atoms with Crippen molar-refractivity contribution >= 4 is 50.1 Å². The van der Waals surface area contributed by atoms with Crippen LogP contribution in [-0.2, 0) is 4.79 Å². The van der Waals surface area contributed by atoms with Gasteiger partial charge in [-0.1, -0.05) is 12.1 Å². The first kappa shape index (κ1) is 17.6. The zero-order valence-electron chi connectivity index (χ0n) is 13.7. The average Bonchev–Trinajstić information content (AvgIpc) is 3.19. The maximum absolute atomic E-state index is 12.3. The maximum Gasteiger partial charge on any atom is 0.264 e. The molecule has 2 amide bonds. The number of hydrogen-bond acceptors (Lipinski definition) is 4. The highest BCUT2D eigenvalue weighted by Crippen LogP contribution is 2.23. The van der Waals surface area contributed by atoms with E-state index in [4.69, 9.17) is 0 Å². The molecule has 3 aromatic rings. The van der Waals surface area contributed by atoms with Crippen molar-refractivity contribution in [3.8, 4) is 0 Å². The van der Waals surface area contributed by atoms with E-state index in [0.29, 0.717) is 10.7 Å². The van der Waals surface area contributed by atoms with E-state index in [0.717, 1.165) is 14.8 Å². The van der Waals surface area contributed by atoms with Crippen LogP contribution < -0.4 is 5.32 Å². The van der Waals surface area contributed by atoms with Crippen molar-refractivity contribution in [2.24, 2.45) is 0 Å². The molecule has 8 heteroatoms. The topological polar surface area (TPSA) is 78.1 Å². The van der Waals surface area contributed by atoms with Gasteiger partial charge in [0.1, 0.15) is 5.82 Å². The van der Waals surface area contributed by atoms with Crippen LogP contribution in [0.25, 0.3) is 11.0 Å². The Kier molecular flexibility index (Phi) is 5.19. The Morgan fingerprint density at radius 2 is 2.08 bits per heavy atom. The predicted octanol–water partition coefficient (Wildman–Crippen LogP) is 3.34. The number of likely N-dealkylation sites (N-methyl/N-ethyl adjacent to an activating group) is 1. The van der Waals surface area contributed by atoms with E-state index in [1.54, 1.807) is 13.1 Å². The second-order valence-corrected chi connectivity index (χ2v) is 8.16. The molecule has 0 radical (unpaired) electrons. The van der Waals surface area contributed by atoms with Crippen LogP contribution in [0.15, 0.2) is 40.2 Å². The number of benzene rings is 1. The third-order valence-electron chi connectivity index (χ3n) is 3.71. The third kappa shape index (κ3) is 4.08. The Morgan fingerprint density at radius 3 is 2.76 bits per heavy atom. The van der Waals surface area contributed by atoms with Crippen molar-refractivity contribution in [1.29, 1.82) is 0 Å². The minimum atomic E-state index is -0.278. The molecule has 0 aliphatic heterocycles. The van der Waals surface area contributed by atoms with Crippen molar-refractivity contribution in [1.82, 2.24) is 20.2 Å². The molecule has 2 N–H and O–H groups in total. The first-order chi connectivity index (χ1) is 11.9. The number of para-hydroxylation sites is 2. The molecule has 130 valence electrons. The zero-order valence-corrected chi connectivity index (χ0v) is 16.1. The van der Waals surface area contributed by atoms with Crippen molar-refractivity contribution in [3.05, 3.63) is 50.9 Å². The minimum absolute atomic E-state index is 0.0150. The number of carbonyl (C=O) groups is 2. The molecule has 0 spiro atoms. The Labute approximate surface area is 157 Å². The van der Waals surface area contributed by atoms with Crippen LogP contribution >= 0.6 is 27.3 Å². The van der Waals surface area contributed by atoms with E-state index in [9.17, 15) is 9.59 Å². The number of rotatable bonds is 5. The number of nitrogens with zero attached hydrogens (tertiary/aromatic N) is 2. The van der Waals surface area contributed by atoms with Gasteiger partial charge in [0, 0.05) is 7.05 Å². The molecule has 0 aliphatic rings. The summed E-state index contributed by atoms with van der Waals surface area (Å²) in [5, 5.41) is 2.87. The first-order valence-corrected chi connectivity index (χ1v) is 9.30. The van der Waals surface area contributed by atoms with E-state index in [1.165, 1.54) is 16.2 Å². The SMILES string of the molecule is C[C@@H](NC(=O)CN(C)C(=O)c1ccc(Br)s1)c1nc2ccccc2[nH]1. The largest absolute Gasteiger partial charge is 0.345 e. The molecule has 0 bridgehead atoms. The van der Waals surface area contributed by atoms with Gasteiger partial charge in [-0.3, -0.25) is 9.59 Å². The van der Waals surface area contributed by atoms with E-state index in [1.807, 2.05) is 37.3 Å². The van der Waals surface area contributed by atoms with Crippen LogP contribution in [0.2, 0.25) is 0 Å². The van der Waals surface area contributed by atoms with Gasteiger partial charge in [0.2, 0.25) is 5.91 Å². The van der Waals surface area contributed by atoms with Gasteiger partial charge in [0.25, 0.3) is 5.91 Å². The van der Waals surface area contributed by atoms with Crippen molar-refractivity contribution in [2.45, 2.75) is 13.0 Å². The van der Waals surface area contributed by atoms with E-state index < -0.39 is 0 Å². The van der Waals surface area contributed by atoms with Gasteiger partial charge in [0.15, 0.2) is 0 Å². The summed E-state index contributed by atoms with van der Waals surface area (Å²) >= 11 is 4.67. The number of aromatic nitrogens is 2. The molecule has 25 heavy (non-hydrogen) atoms. The van der Waals surface area contributed by atoms with Crippen LogP contribution in [0.4, 0.5) is 0 Å². The number of nitrogens with one attached hydrogen (secondary N) is 2. The maximum atomic E-state index is 12.3. The highest BCUT2D eigenvalue weighted by atomic mass is 79.9. The van der Waals surface area contributed by atoms with Gasteiger partial charge in [-0.15, -0.1) is 11.3 Å². The summed E-state index contributed by atoms with van der Waals surface area (Å²) in [7, 11) is 1.61. The Morgan fingerprint density at radius 1 is 1.32 bits per heavy atom. The smallest absolute Gasteiger partial charge is 0.264 e. The van der Waals surface area contributed by atoms with Gasteiger partial charge >= 0.3 is 0 Å². The second kappa shape index (κ2) is 7.37. The monoisotopic (exact) mass is 420 g/mol. The lowest BCUT2D eigenvalue weighted by Gasteiger charge is -2.18. The lowest BCUT2D eigenvalue weighted by atomic mass is 10.3. The van der Waals surface area contributed by atoms with Gasteiger partial charge < -0.3 is 15.2 Å². The van der Waals surface area contributed by atoms with Gasteiger partial charge in [-0.05, 0) is 47.1 Å². The highest BCUT2D eigenvalue weighted by molar-refractivity contribution is 9.11. The molecule has 6 nitrogen and oxygen atoms in total. The number of hydrogen-bond donors (Lipinski definition) is 2. The summed E-state index contributed by atoms with van der Waals surface area (Å²) in [6, 6.07) is 11.0. The quantitative estimate of drug-likeness (QED) is 0.664. The number of aromatic amines is 1. The van der Waals surface area contributed by atoms with E-state index in [2.05, 4.69) is 31.2 Å². The minimum Gasteiger partial charge on any atom is -0.345 e. The number of carbonyl (C=O) groups excluding carboxylic acids is 2. The molecule has 2 heterocycles. The van der Waals surface area contributed by atoms with Crippen molar-refractivity contribution in [3.63, 3.8) is 0 Å². The second-order valence-electron chi connectivity index (χ2n) is 5.69. The molecular weight excluding hydrogens is 404 g/mol. The summed E-state index contributed by atoms with van der Waals surface area (Å²) in [5.41, 5.74) is 1.78. The summed E-state index contributed by atoms with van der Waals surface area (Å²) in [6.07, 6.45) is 0. The lowest BCUT2D eigenvalue weighted by molar-refractivity contribution is -0.122. The summed E-state index contributed by atoms with van der Waals surface area (Å²) in [5.74, 6) is 0.271. The number of fused-ring (bicyclic) bond motifs is 1. The predicted molar refractivity (Wildman–Crippen MR) is 102 cm³/mol. The number of halogens is 1. The van der Waals surface area contributed by atoms with Gasteiger partial charge in [0.05, 0.1) is 32.3 Å². The Balaban J connectivity index is 1.60. The fourth-order valence-electron chi connectivity index (χ4n) is 2.44. The molecule has 2 aromatic heterocycles. The molecule has 3 rings (SSSR count). The fraction of sp³-hybridized carbons (Fsp3) is 0.235. The molecule has 0 saturated heterocycles. The normalized spacial score (nSPS) is 12.1. The molecule has 1 atom stereocenters. The molecule has 0 saturated carbocycles. The standard InChI is InChI=1S/C17H17BrN4O2S/c1-10(16-20-11-5-3-4-6-12(11)21-16)19-15(23)9-22(2)17(24)13-7-8-14(18)25-13/h3-8,10H,9H2,1-2H3,(H,19,23)(H,20,21)/t10-/m1/s1. The van der Waals surface area contributed by atoms with Gasteiger partial charge in [-0.25, -0.2) is 4.98 Å². The number of imidazole rings is 1. The van der Waals surface area contributed by atoms with Crippen LogP contribution in [-0.4, -0.2) is 40.3 Å². The van der Waals surface area contributed by atoms with Crippen LogP contribution in [0.1, 0.15) is 28.5 Å². The molecule has 1 aromatic carbocycles. The summed E-state index contributed by atoms with van der Waals surface area (Å²) in [6.45, 7) is 1.84. The molecule has 0 unspecified atom stereocenters. The molecule has 0 aliphatic carbocycles.